The number of rotatable bonds is 2. The molecular weight excluding hydrogens is 229 g/mol. The predicted octanol–water partition coefficient (Wildman–Crippen LogP) is 1.41. The van der Waals surface area contributed by atoms with Crippen molar-refractivity contribution in [1.82, 2.24) is 9.78 Å². The highest BCUT2D eigenvalue weighted by Gasteiger charge is 2.34. The number of aryl methyl sites for hydroxylation is 1. The monoisotopic (exact) mass is 245 g/mol. The van der Waals surface area contributed by atoms with Gasteiger partial charge in [0, 0.05) is 18.2 Å². The molecule has 94 valence electrons. The van der Waals surface area contributed by atoms with Gasteiger partial charge in [0.1, 0.15) is 5.56 Å². The fourth-order valence-corrected chi connectivity index (χ4v) is 2.44. The van der Waals surface area contributed by atoms with Crippen LogP contribution >= 0.6 is 0 Å². The molecular formula is C12H16BN3O2. The van der Waals surface area contributed by atoms with Crippen LogP contribution in [0.25, 0.3) is 0 Å². The summed E-state index contributed by atoms with van der Waals surface area (Å²) in [6, 6.07) is 0. The van der Waals surface area contributed by atoms with Crippen molar-refractivity contribution in [3.63, 3.8) is 0 Å². The summed E-state index contributed by atoms with van der Waals surface area (Å²) in [5, 5.41) is 13.5. The summed E-state index contributed by atoms with van der Waals surface area (Å²) in [6.07, 6.45) is 0.576. The van der Waals surface area contributed by atoms with Crippen LogP contribution in [0, 0.1) is 18.2 Å². The highest BCUT2D eigenvalue weighted by atomic mass is 16.5. The van der Waals surface area contributed by atoms with E-state index in [1.807, 2.05) is 18.5 Å². The predicted molar refractivity (Wildman–Crippen MR) is 67.4 cm³/mol. The number of carbonyl (C=O) groups is 1. The summed E-state index contributed by atoms with van der Waals surface area (Å²) < 4.78 is 6.90. The molecule has 0 fully saturated rings. The third-order valence-electron chi connectivity index (χ3n) is 3.44. The molecule has 1 aromatic heterocycles. The molecule has 6 heteroatoms. The van der Waals surface area contributed by atoms with Gasteiger partial charge in [0.15, 0.2) is 0 Å². The van der Waals surface area contributed by atoms with Crippen LogP contribution in [0.3, 0.4) is 0 Å². The molecule has 0 bridgehead atoms. The van der Waals surface area contributed by atoms with E-state index in [-0.39, 0.29) is 18.5 Å². The van der Waals surface area contributed by atoms with E-state index in [1.165, 1.54) is 0 Å². The van der Waals surface area contributed by atoms with Gasteiger partial charge in [0.2, 0.25) is 0 Å². The summed E-state index contributed by atoms with van der Waals surface area (Å²) in [4.78, 5) is 11.9. The Morgan fingerprint density at radius 3 is 3.06 bits per heavy atom. The zero-order valence-electron chi connectivity index (χ0n) is 10.9. The molecule has 0 saturated heterocycles. The SMILES string of the molecule is CCOC(=O)c1c(C)nn2c1CB(C#N)C(C)C2. The number of hydrogen-bond donors (Lipinski definition) is 0. The summed E-state index contributed by atoms with van der Waals surface area (Å²) >= 11 is 0. The van der Waals surface area contributed by atoms with Gasteiger partial charge in [-0.25, -0.2) is 10.1 Å². The Morgan fingerprint density at radius 2 is 2.44 bits per heavy atom. The van der Waals surface area contributed by atoms with Crippen molar-refractivity contribution in [3.8, 4) is 5.97 Å². The molecule has 2 rings (SSSR count). The molecule has 1 unspecified atom stereocenters. The fraction of sp³-hybridized carbons (Fsp3) is 0.583. The van der Waals surface area contributed by atoms with E-state index in [0.29, 0.717) is 30.7 Å². The largest absolute Gasteiger partial charge is 0.462 e. The summed E-state index contributed by atoms with van der Waals surface area (Å²) in [5.74, 6) is 2.24. The minimum Gasteiger partial charge on any atom is -0.462 e. The zero-order chi connectivity index (χ0) is 13.3. The first-order valence-corrected chi connectivity index (χ1v) is 6.21. The van der Waals surface area contributed by atoms with E-state index in [4.69, 9.17) is 10.00 Å². The lowest BCUT2D eigenvalue weighted by atomic mass is 9.39. The van der Waals surface area contributed by atoms with Gasteiger partial charge in [-0.1, -0.05) is 6.92 Å². The number of carbonyl (C=O) groups excluding carboxylic acids is 1. The van der Waals surface area contributed by atoms with Crippen LogP contribution in [0.4, 0.5) is 0 Å². The van der Waals surface area contributed by atoms with Crippen molar-refractivity contribution >= 4 is 12.7 Å². The fourth-order valence-electron chi connectivity index (χ4n) is 2.44. The van der Waals surface area contributed by atoms with Crippen molar-refractivity contribution in [3.05, 3.63) is 17.0 Å². The molecule has 0 spiro atoms. The van der Waals surface area contributed by atoms with E-state index in [0.717, 1.165) is 5.69 Å². The Hall–Kier alpha value is -1.77. The molecule has 0 aliphatic carbocycles. The molecule has 2 heterocycles. The van der Waals surface area contributed by atoms with E-state index in [9.17, 15) is 4.79 Å². The number of hydrogen-bond acceptors (Lipinski definition) is 4. The zero-order valence-corrected chi connectivity index (χ0v) is 10.9. The van der Waals surface area contributed by atoms with E-state index in [2.05, 4.69) is 11.1 Å². The van der Waals surface area contributed by atoms with E-state index < -0.39 is 0 Å². The van der Waals surface area contributed by atoms with Crippen LogP contribution in [0.1, 0.15) is 35.6 Å². The number of nitriles is 1. The van der Waals surface area contributed by atoms with Gasteiger partial charge in [-0.3, -0.25) is 4.68 Å². The molecule has 1 atom stereocenters. The Labute approximate surface area is 107 Å². The van der Waals surface area contributed by atoms with Gasteiger partial charge >= 0.3 is 5.97 Å². The molecule has 0 aromatic carbocycles. The minimum atomic E-state index is -0.331. The maximum Gasteiger partial charge on any atom is 0.341 e. The maximum atomic E-state index is 11.9. The van der Waals surface area contributed by atoms with Gasteiger partial charge < -0.3 is 4.74 Å². The van der Waals surface area contributed by atoms with Crippen molar-refractivity contribution in [2.24, 2.45) is 0 Å². The van der Waals surface area contributed by atoms with Crippen LogP contribution < -0.4 is 0 Å². The number of fused-ring (bicyclic) bond motifs is 1. The van der Waals surface area contributed by atoms with Gasteiger partial charge in [-0.15, -0.1) is 0 Å². The van der Waals surface area contributed by atoms with Gasteiger partial charge in [0.25, 0.3) is 6.71 Å². The van der Waals surface area contributed by atoms with Crippen molar-refractivity contribution in [2.45, 2.75) is 39.5 Å². The molecule has 0 saturated carbocycles. The second-order valence-electron chi connectivity index (χ2n) is 4.73. The standard InChI is InChI=1S/C12H16BN3O2/c1-4-18-12(17)11-9(3)15-16-6-8(2)13(7-14)5-10(11)16/h8H,4-6H2,1-3H3. The van der Waals surface area contributed by atoms with E-state index >= 15 is 0 Å². The van der Waals surface area contributed by atoms with Gasteiger partial charge in [0.05, 0.1) is 12.3 Å². The molecule has 0 radical (unpaired) electrons. The normalized spacial score (nSPS) is 18.1. The molecule has 0 amide bonds. The topological polar surface area (TPSA) is 67.9 Å². The molecule has 18 heavy (non-hydrogen) atoms. The Kier molecular flexibility index (Phi) is 3.42. The van der Waals surface area contributed by atoms with Crippen molar-refractivity contribution in [1.29, 1.82) is 5.26 Å². The maximum absolute atomic E-state index is 11.9. The first kappa shape index (κ1) is 12.7. The average molecular weight is 245 g/mol. The smallest absolute Gasteiger partial charge is 0.341 e. The first-order valence-electron chi connectivity index (χ1n) is 6.21. The van der Waals surface area contributed by atoms with Crippen molar-refractivity contribution < 1.29 is 9.53 Å². The lowest BCUT2D eigenvalue weighted by Gasteiger charge is -2.22. The highest BCUT2D eigenvalue weighted by Crippen LogP contribution is 2.27. The third-order valence-corrected chi connectivity index (χ3v) is 3.44. The lowest BCUT2D eigenvalue weighted by molar-refractivity contribution is 0.0524. The second-order valence-corrected chi connectivity index (χ2v) is 4.73. The molecule has 0 N–H and O–H groups in total. The number of nitrogens with zero attached hydrogens (tertiary/aromatic N) is 3. The number of esters is 1. The van der Waals surface area contributed by atoms with Crippen LogP contribution in [0.5, 0.6) is 0 Å². The second kappa shape index (κ2) is 4.85. The van der Waals surface area contributed by atoms with Gasteiger partial charge in [-0.05, 0) is 26.0 Å². The van der Waals surface area contributed by atoms with Crippen LogP contribution in [0.2, 0.25) is 5.82 Å². The van der Waals surface area contributed by atoms with Crippen LogP contribution in [-0.2, 0) is 17.6 Å². The van der Waals surface area contributed by atoms with Gasteiger partial charge in [-0.2, -0.15) is 5.10 Å². The Balaban J connectivity index is 2.40. The highest BCUT2D eigenvalue weighted by molar-refractivity contribution is 6.68. The summed E-state index contributed by atoms with van der Waals surface area (Å²) in [7, 11) is 0. The van der Waals surface area contributed by atoms with Crippen LogP contribution in [0.15, 0.2) is 0 Å². The van der Waals surface area contributed by atoms with Crippen LogP contribution in [-0.4, -0.2) is 29.1 Å². The molecule has 1 aliphatic rings. The number of aromatic nitrogens is 2. The Morgan fingerprint density at radius 1 is 1.72 bits per heavy atom. The number of ether oxygens (including phenoxy) is 1. The quantitative estimate of drug-likeness (QED) is 0.583. The molecule has 1 aromatic rings. The first-order chi connectivity index (χ1) is 8.58. The summed E-state index contributed by atoms with van der Waals surface area (Å²) in [5.41, 5.74) is 2.08. The summed E-state index contributed by atoms with van der Waals surface area (Å²) in [6.45, 7) is 6.61. The Bertz CT molecular complexity index is 518. The lowest BCUT2D eigenvalue weighted by Crippen LogP contribution is -2.32. The van der Waals surface area contributed by atoms with E-state index in [1.54, 1.807) is 6.92 Å². The molecule has 5 nitrogen and oxygen atoms in total. The van der Waals surface area contributed by atoms with Crippen molar-refractivity contribution in [2.75, 3.05) is 6.61 Å². The average Bonchev–Trinajstić information content (AvgIpc) is 2.63. The third kappa shape index (κ3) is 2.01. The molecule has 1 aliphatic heterocycles. The minimum absolute atomic E-state index is 0.0539.